The van der Waals surface area contributed by atoms with Gasteiger partial charge >= 0.3 is 6.09 Å². The van der Waals surface area contributed by atoms with Crippen LogP contribution in [-0.4, -0.2) is 80.4 Å². The Labute approximate surface area is 182 Å². The van der Waals surface area contributed by atoms with Gasteiger partial charge in [0.25, 0.3) is 0 Å². The minimum atomic E-state index is -0.481. The molecular formula is C19H39IN4O3. The first-order valence-electron chi connectivity index (χ1n) is 9.82. The van der Waals surface area contributed by atoms with Gasteiger partial charge in [-0.15, -0.1) is 24.0 Å². The number of ether oxygens (including phenoxy) is 2. The molecule has 1 aliphatic rings. The highest BCUT2D eigenvalue weighted by Crippen LogP contribution is 2.13. The number of hydrogen-bond acceptors (Lipinski definition) is 4. The van der Waals surface area contributed by atoms with Crippen molar-refractivity contribution in [2.45, 2.75) is 53.1 Å². The van der Waals surface area contributed by atoms with Gasteiger partial charge in [0.1, 0.15) is 5.60 Å². The lowest BCUT2D eigenvalue weighted by atomic mass is 10.1. The fourth-order valence-corrected chi connectivity index (χ4v) is 2.84. The molecule has 1 fully saturated rings. The van der Waals surface area contributed by atoms with Gasteiger partial charge in [-0.1, -0.05) is 6.92 Å². The summed E-state index contributed by atoms with van der Waals surface area (Å²) in [6.45, 7) is 15.0. The Morgan fingerprint density at radius 3 is 2.52 bits per heavy atom. The molecule has 1 heterocycles. The normalized spacial score (nSPS) is 17.3. The van der Waals surface area contributed by atoms with Gasteiger partial charge in [0.05, 0.1) is 13.2 Å². The predicted molar refractivity (Wildman–Crippen MR) is 121 cm³/mol. The second-order valence-electron chi connectivity index (χ2n) is 7.81. The Balaban J connectivity index is 0.00000676. The standard InChI is InChI=1S/C19H38N4O3.HI/c1-7-11-23(18(24)26-19(3,4)5)12-10-21-17(20-8-2)22(6)14-16-9-13-25-15-16;/h16H,7-15H2,1-6H3,(H,20,21);1H. The molecule has 0 aliphatic carbocycles. The molecular weight excluding hydrogens is 459 g/mol. The summed E-state index contributed by atoms with van der Waals surface area (Å²) < 4.78 is 11.0. The van der Waals surface area contributed by atoms with E-state index >= 15 is 0 Å². The van der Waals surface area contributed by atoms with Crippen LogP contribution in [0.4, 0.5) is 4.79 Å². The topological polar surface area (TPSA) is 66.4 Å². The van der Waals surface area contributed by atoms with Gasteiger partial charge in [-0.2, -0.15) is 0 Å². The van der Waals surface area contributed by atoms with Crippen molar-refractivity contribution in [2.75, 3.05) is 53.0 Å². The van der Waals surface area contributed by atoms with Crippen LogP contribution >= 0.6 is 24.0 Å². The minimum Gasteiger partial charge on any atom is -0.444 e. The highest BCUT2D eigenvalue weighted by atomic mass is 127. The van der Waals surface area contributed by atoms with Crippen LogP contribution in [0.1, 0.15) is 47.5 Å². The number of hydrogen-bond donors (Lipinski definition) is 1. The second kappa shape index (κ2) is 13.4. The number of rotatable bonds is 8. The van der Waals surface area contributed by atoms with Crippen molar-refractivity contribution in [2.24, 2.45) is 10.9 Å². The van der Waals surface area contributed by atoms with Gasteiger partial charge in [0, 0.05) is 45.8 Å². The Kier molecular flexibility index (Phi) is 13.0. The molecule has 0 aromatic carbocycles. The van der Waals surface area contributed by atoms with Crippen LogP contribution < -0.4 is 5.32 Å². The molecule has 160 valence electrons. The predicted octanol–water partition coefficient (Wildman–Crippen LogP) is 3.19. The maximum Gasteiger partial charge on any atom is 0.410 e. The number of nitrogens with one attached hydrogen (secondary N) is 1. The van der Waals surface area contributed by atoms with E-state index in [1.807, 2.05) is 20.8 Å². The number of carbonyl (C=O) groups is 1. The molecule has 1 rings (SSSR count). The third kappa shape index (κ3) is 11.0. The lowest BCUT2D eigenvalue weighted by molar-refractivity contribution is 0.0256. The maximum atomic E-state index is 12.3. The van der Waals surface area contributed by atoms with Crippen LogP contribution in [0.15, 0.2) is 4.99 Å². The summed E-state index contributed by atoms with van der Waals surface area (Å²) in [6.07, 6.45) is 1.73. The Morgan fingerprint density at radius 1 is 1.30 bits per heavy atom. The van der Waals surface area contributed by atoms with Gasteiger partial charge in [-0.25, -0.2) is 4.79 Å². The van der Waals surface area contributed by atoms with Crippen LogP contribution in [-0.2, 0) is 9.47 Å². The molecule has 8 heteroatoms. The molecule has 1 saturated heterocycles. The zero-order valence-corrected chi connectivity index (χ0v) is 20.2. The van der Waals surface area contributed by atoms with Gasteiger partial charge in [0.2, 0.25) is 0 Å². The Hall–Kier alpha value is -0.770. The van der Waals surface area contributed by atoms with Crippen molar-refractivity contribution in [3.05, 3.63) is 0 Å². The smallest absolute Gasteiger partial charge is 0.410 e. The van der Waals surface area contributed by atoms with Crippen molar-refractivity contribution >= 4 is 36.0 Å². The molecule has 0 aromatic rings. The van der Waals surface area contributed by atoms with Crippen LogP contribution in [0, 0.1) is 5.92 Å². The van der Waals surface area contributed by atoms with Crippen molar-refractivity contribution in [1.82, 2.24) is 15.1 Å². The van der Waals surface area contributed by atoms with E-state index in [2.05, 4.69) is 31.1 Å². The molecule has 0 aromatic heterocycles. The lowest BCUT2D eigenvalue weighted by Crippen LogP contribution is -2.42. The minimum absolute atomic E-state index is 0. The molecule has 0 radical (unpaired) electrons. The highest BCUT2D eigenvalue weighted by molar-refractivity contribution is 14.0. The summed E-state index contributed by atoms with van der Waals surface area (Å²) in [5, 5.41) is 3.33. The first-order valence-corrected chi connectivity index (χ1v) is 9.82. The summed E-state index contributed by atoms with van der Waals surface area (Å²) >= 11 is 0. The van der Waals surface area contributed by atoms with E-state index in [0.717, 1.165) is 45.1 Å². The lowest BCUT2D eigenvalue weighted by Gasteiger charge is -2.27. The van der Waals surface area contributed by atoms with E-state index in [-0.39, 0.29) is 30.1 Å². The Bertz CT molecular complexity index is 449. The molecule has 1 aliphatic heterocycles. The summed E-state index contributed by atoms with van der Waals surface area (Å²) in [6, 6.07) is 0. The van der Waals surface area contributed by atoms with Crippen LogP contribution in [0.2, 0.25) is 0 Å². The van der Waals surface area contributed by atoms with E-state index < -0.39 is 5.60 Å². The van der Waals surface area contributed by atoms with Crippen LogP contribution in [0.25, 0.3) is 0 Å². The fraction of sp³-hybridized carbons (Fsp3) is 0.895. The number of amides is 1. The number of aliphatic imine (C=N–C) groups is 1. The quantitative estimate of drug-likeness (QED) is 0.317. The SMILES string of the molecule is CCCN(CCN=C(NCC)N(C)CC1CCOC1)C(=O)OC(C)(C)C.I. The molecule has 0 saturated carbocycles. The maximum absolute atomic E-state index is 12.3. The third-order valence-electron chi connectivity index (χ3n) is 4.03. The summed E-state index contributed by atoms with van der Waals surface area (Å²) in [5.41, 5.74) is -0.481. The number of nitrogens with zero attached hydrogens (tertiary/aromatic N) is 3. The average molecular weight is 498 g/mol. The molecule has 1 amide bonds. The van der Waals surface area contributed by atoms with Gasteiger partial charge in [-0.05, 0) is 40.5 Å². The molecule has 1 unspecified atom stereocenters. The largest absolute Gasteiger partial charge is 0.444 e. The van der Waals surface area contributed by atoms with Crippen molar-refractivity contribution in [3.63, 3.8) is 0 Å². The zero-order valence-electron chi connectivity index (χ0n) is 17.9. The van der Waals surface area contributed by atoms with Crippen molar-refractivity contribution < 1.29 is 14.3 Å². The van der Waals surface area contributed by atoms with E-state index in [4.69, 9.17) is 14.5 Å². The summed E-state index contributed by atoms with van der Waals surface area (Å²) in [7, 11) is 2.05. The number of halogens is 1. The van der Waals surface area contributed by atoms with E-state index in [9.17, 15) is 4.79 Å². The summed E-state index contributed by atoms with van der Waals surface area (Å²) in [4.78, 5) is 20.9. The zero-order chi connectivity index (χ0) is 19.6. The van der Waals surface area contributed by atoms with Gasteiger partial charge in [0.15, 0.2) is 5.96 Å². The van der Waals surface area contributed by atoms with Crippen LogP contribution in [0.3, 0.4) is 0 Å². The van der Waals surface area contributed by atoms with Crippen molar-refractivity contribution in [3.8, 4) is 0 Å². The highest BCUT2D eigenvalue weighted by Gasteiger charge is 2.22. The monoisotopic (exact) mass is 498 g/mol. The molecule has 7 nitrogen and oxygen atoms in total. The average Bonchev–Trinajstić information content (AvgIpc) is 3.04. The molecule has 1 N–H and O–H groups in total. The van der Waals surface area contributed by atoms with Gasteiger partial charge < -0.3 is 24.6 Å². The number of guanidine groups is 1. The van der Waals surface area contributed by atoms with E-state index in [1.165, 1.54) is 0 Å². The molecule has 27 heavy (non-hydrogen) atoms. The van der Waals surface area contributed by atoms with Gasteiger partial charge in [-0.3, -0.25) is 4.99 Å². The van der Waals surface area contributed by atoms with E-state index in [0.29, 0.717) is 25.6 Å². The first kappa shape index (κ1) is 26.2. The van der Waals surface area contributed by atoms with Crippen LogP contribution in [0.5, 0.6) is 0 Å². The third-order valence-corrected chi connectivity index (χ3v) is 4.03. The molecule has 0 bridgehead atoms. The first-order chi connectivity index (χ1) is 12.3. The second-order valence-corrected chi connectivity index (χ2v) is 7.81. The molecule has 0 spiro atoms. The molecule has 1 atom stereocenters. The summed E-state index contributed by atoms with van der Waals surface area (Å²) in [5.74, 6) is 1.43. The fourth-order valence-electron chi connectivity index (χ4n) is 2.84. The van der Waals surface area contributed by atoms with Crippen molar-refractivity contribution in [1.29, 1.82) is 0 Å². The Morgan fingerprint density at radius 2 is 2.00 bits per heavy atom. The van der Waals surface area contributed by atoms with E-state index in [1.54, 1.807) is 4.90 Å². The number of carbonyl (C=O) groups excluding carboxylic acids is 1.